The summed E-state index contributed by atoms with van der Waals surface area (Å²) in [6, 6.07) is 17.1. The van der Waals surface area contributed by atoms with Gasteiger partial charge in [0.2, 0.25) is 0 Å². The van der Waals surface area contributed by atoms with Gasteiger partial charge in [0.15, 0.2) is 12.4 Å². The number of carbonyl (C=O) groups excluding carboxylic acids is 3. The van der Waals surface area contributed by atoms with Crippen LogP contribution in [0.2, 0.25) is 0 Å². The number of ketones is 1. The van der Waals surface area contributed by atoms with Crippen LogP contribution in [0.3, 0.4) is 0 Å². The normalized spacial score (nSPS) is 12.0. The summed E-state index contributed by atoms with van der Waals surface area (Å²) in [7, 11) is 0. The van der Waals surface area contributed by atoms with Gasteiger partial charge in [0.25, 0.3) is 5.91 Å². The van der Waals surface area contributed by atoms with Crippen LogP contribution in [0.1, 0.15) is 48.7 Å². The second kappa shape index (κ2) is 8.94. The van der Waals surface area contributed by atoms with E-state index < -0.39 is 18.5 Å². The molecule has 0 bridgehead atoms. The summed E-state index contributed by atoms with van der Waals surface area (Å²) in [6.07, 6.45) is 2.79. The van der Waals surface area contributed by atoms with Crippen molar-refractivity contribution in [2.45, 2.75) is 19.3 Å². The van der Waals surface area contributed by atoms with Crippen molar-refractivity contribution >= 4 is 34.0 Å². The maximum absolute atomic E-state index is 12.4. The van der Waals surface area contributed by atoms with E-state index in [9.17, 15) is 19.6 Å². The van der Waals surface area contributed by atoms with Gasteiger partial charge in [-0.2, -0.15) is 5.26 Å². The highest BCUT2D eigenvalue weighted by Crippen LogP contribution is 2.38. The van der Waals surface area contributed by atoms with Crippen molar-refractivity contribution in [3.63, 3.8) is 0 Å². The third-order valence-corrected chi connectivity index (χ3v) is 6.25. The number of nitriles is 1. The molecule has 1 aliphatic rings. The summed E-state index contributed by atoms with van der Waals surface area (Å²) >= 11 is 1.41. The second-order valence-corrected chi connectivity index (χ2v) is 8.18. The molecule has 0 spiro atoms. The van der Waals surface area contributed by atoms with E-state index in [1.54, 1.807) is 36.4 Å². The van der Waals surface area contributed by atoms with E-state index in [1.165, 1.54) is 23.5 Å². The topological polar surface area (TPSA) is 96.3 Å². The minimum absolute atomic E-state index is 0.143. The number of anilines is 1. The number of thiophene rings is 1. The number of aryl methyl sites for hydroxylation is 1. The quantitative estimate of drug-likeness (QED) is 0.468. The van der Waals surface area contributed by atoms with Crippen molar-refractivity contribution < 1.29 is 19.1 Å². The van der Waals surface area contributed by atoms with Gasteiger partial charge in [0.05, 0.1) is 11.1 Å². The standard InChI is InChI=1S/C24H18N2O4S/c25-13-19-18-7-4-8-20(18)31-23(19)26-21(27)14-30-24(29)17-11-9-16(10-12-17)22(28)15-5-2-1-3-6-15/h1-3,5-6,9-12H,4,7-8,14H2,(H,26,27). The predicted molar refractivity (Wildman–Crippen MR) is 116 cm³/mol. The predicted octanol–water partition coefficient (Wildman–Crippen LogP) is 4.13. The number of nitrogens with one attached hydrogen (secondary N) is 1. The third-order valence-electron chi connectivity index (χ3n) is 5.04. The lowest BCUT2D eigenvalue weighted by Crippen LogP contribution is -2.21. The molecule has 6 nitrogen and oxygen atoms in total. The molecule has 4 rings (SSSR count). The van der Waals surface area contributed by atoms with Crippen LogP contribution in [0.15, 0.2) is 54.6 Å². The van der Waals surface area contributed by atoms with Gasteiger partial charge in [-0.3, -0.25) is 9.59 Å². The van der Waals surface area contributed by atoms with Gasteiger partial charge in [0, 0.05) is 16.0 Å². The molecule has 1 N–H and O–H groups in total. The summed E-state index contributed by atoms with van der Waals surface area (Å²) in [5, 5.41) is 12.6. The fourth-order valence-electron chi connectivity index (χ4n) is 3.50. The van der Waals surface area contributed by atoms with Gasteiger partial charge in [-0.05, 0) is 37.0 Å². The van der Waals surface area contributed by atoms with Gasteiger partial charge < -0.3 is 10.1 Å². The maximum Gasteiger partial charge on any atom is 0.338 e. The fourth-order valence-corrected chi connectivity index (χ4v) is 4.76. The van der Waals surface area contributed by atoms with E-state index in [2.05, 4.69) is 11.4 Å². The Hall–Kier alpha value is -3.76. The largest absolute Gasteiger partial charge is 0.452 e. The van der Waals surface area contributed by atoms with Crippen LogP contribution < -0.4 is 5.32 Å². The highest BCUT2D eigenvalue weighted by molar-refractivity contribution is 7.16. The van der Waals surface area contributed by atoms with Crippen molar-refractivity contribution in [2.75, 3.05) is 11.9 Å². The van der Waals surface area contributed by atoms with Crippen LogP contribution in [-0.2, 0) is 22.4 Å². The van der Waals surface area contributed by atoms with Crippen LogP contribution in [0.4, 0.5) is 5.00 Å². The molecule has 0 saturated heterocycles. The number of benzene rings is 2. The summed E-state index contributed by atoms with van der Waals surface area (Å²) in [5.74, 6) is -1.31. The monoisotopic (exact) mass is 430 g/mol. The second-order valence-electron chi connectivity index (χ2n) is 7.07. The average Bonchev–Trinajstić information content (AvgIpc) is 3.38. The summed E-state index contributed by atoms with van der Waals surface area (Å²) in [5.41, 5.74) is 2.78. The van der Waals surface area contributed by atoms with Crippen LogP contribution in [0.25, 0.3) is 0 Å². The number of carbonyl (C=O) groups is 3. The molecule has 1 aromatic heterocycles. The Morgan fingerprint density at radius 2 is 1.65 bits per heavy atom. The van der Waals surface area contributed by atoms with E-state index in [4.69, 9.17) is 4.74 Å². The van der Waals surface area contributed by atoms with E-state index in [-0.39, 0.29) is 11.3 Å². The molecular formula is C24H18N2O4S. The lowest BCUT2D eigenvalue weighted by Gasteiger charge is -2.07. The lowest BCUT2D eigenvalue weighted by atomic mass is 10.0. The molecule has 7 heteroatoms. The lowest BCUT2D eigenvalue weighted by molar-refractivity contribution is -0.119. The van der Waals surface area contributed by atoms with E-state index in [0.717, 1.165) is 29.7 Å². The average molecular weight is 430 g/mol. The van der Waals surface area contributed by atoms with Crippen molar-refractivity contribution in [1.82, 2.24) is 0 Å². The molecule has 1 heterocycles. The number of nitrogens with zero attached hydrogens (tertiary/aromatic N) is 1. The van der Waals surface area contributed by atoms with Gasteiger partial charge >= 0.3 is 5.97 Å². The molecular weight excluding hydrogens is 412 g/mol. The minimum Gasteiger partial charge on any atom is -0.452 e. The third kappa shape index (κ3) is 4.39. The molecule has 0 atom stereocenters. The van der Waals surface area contributed by atoms with E-state index in [0.29, 0.717) is 21.7 Å². The van der Waals surface area contributed by atoms with E-state index >= 15 is 0 Å². The molecule has 1 aliphatic carbocycles. The van der Waals surface area contributed by atoms with Crippen LogP contribution in [-0.4, -0.2) is 24.3 Å². The summed E-state index contributed by atoms with van der Waals surface area (Å²) in [6.45, 7) is -0.461. The number of esters is 1. The Morgan fingerprint density at radius 3 is 2.35 bits per heavy atom. The van der Waals surface area contributed by atoms with Crippen LogP contribution in [0.5, 0.6) is 0 Å². The molecule has 0 fully saturated rings. The Kier molecular flexibility index (Phi) is 5.92. The molecule has 1 amide bonds. The molecule has 154 valence electrons. The molecule has 0 unspecified atom stereocenters. The highest BCUT2D eigenvalue weighted by atomic mass is 32.1. The SMILES string of the molecule is N#Cc1c(NC(=O)COC(=O)c2ccc(C(=O)c3ccccc3)cc2)sc2c1CCC2. The van der Waals surface area contributed by atoms with Crippen molar-refractivity contribution in [3.8, 4) is 6.07 Å². The number of fused-ring (bicyclic) bond motifs is 1. The Labute approximate surface area is 183 Å². The van der Waals surface area contributed by atoms with Gasteiger partial charge in [-0.1, -0.05) is 42.5 Å². The Balaban J connectivity index is 1.34. The minimum atomic E-state index is -0.664. The van der Waals surface area contributed by atoms with Crippen LogP contribution >= 0.6 is 11.3 Å². The number of ether oxygens (including phenoxy) is 1. The van der Waals surface area contributed by atoms with Crippen molar-refractivity contribution in [3.05, 3.63) is 87.3 Å². The first-order chi connectivity index (χ1) is 15.1. The van der Waals surface area contributed by atoms with Crippen molar-refractivity contribution in [2.24, 2.45) is 0 Å². The first-order valence-electron chi connectivity index (χ1n) is 9.78. The zero-order valence-corrected chi connectivity index (χ0v) is 17.3. The molecule has 3 aromatic rings. The number of hydrogen-bond donors (Lipinski definition) is 1. The zero-order chi connectivity index (χ0) is 21.8. The summed E-state index contributed by atoms with van der Waals surface area (Å²) in [4.78, 5) is 38.0. The number of amides is 1. The zero-order valence-electron chi connectivity index (χ0n) is 16.5. The van der Waals surface area contributed by atoms with Gasteiger partial charge in [-0.25, -0.2) is 4.79 Å². The highest BCUT2D eigenvalue weighted by Gasteiger charge is 2.23. The molecule has 0 radical (unpaired) electrons. The molecule has 0 aliphatic heterocycles. The van der Waals surface area contributed by atoms with Crippen LogP contribution in [0, 0.1) is 11.3 Å². The summed E-state index contributed by atoms with van der Waals surface area (Å²) < 4.78 is 5.08. The number of rotatable bonds is 6. The fraction of sp³-hybridized carbons (Fsp3) is 0.167. The molecule has 31 heavy (non-hydrogen) atoms. The van der Waals surface area contributed by atoms with Gasteiger partial charge in [0.1, 0.15) is 11.1 Å². The Bertz CT molecular complexity index is 1190. The van der Waals surface area contributed by atoms with Crippen molar-refractivity contribution in [1.29, 1.82) is 5.26 Å². The number of hydrogen-bond acceptors (Lipinski definition) is 6. The first-order valence-corrected chi connectivity index (χ1v) is 10.6. The van der Waals surface area contributed by atoms with Gasteiger partial charge in [-0.15, -0.1) is 11.3 Å². The Morgan fingerprint density at radius 1 is 0.968 bits per heavy atom. The first kappa shape index (κ1) is 20.5. The maximum atomic E-state index is 12.4. The molecule has 2 aromatic carbocycles. The van der Waals surface area contributed by atoms with E-state index in [1.807, 2.05) is 6.07 Å². The molecule has 0 saturated carbocycles. The smallest absolute Gasteiger partial charge is 0.338 e.